The molecule has 1 saturated heterocycles. The molecule has 3 aromatic rings. The van der Waals surface area contributed by atoms with Gasteiger partial charge in [-0.05, 0) is 30.2 Å². The number of aromatic nitrogens is 2. The summed E-state index contributed by atoms with van der Waals surface area (Å²) >= 11 is 3.24. The van der Waals surface area contributed by atoms with E-state index in [-0.39, 0.29) is 5.37 Å². The lowest BCUT2D eigenvalue weighted by Gasteiger charge is -2.35. The number of ether oxygens (including phenoxy) is 1. The number of aryl methyl sites for hydroxylation is 1. The number of guanidine groups is 1. The highest BCUT2D eigenvalue weighted by Gasteiger charge is 2.35. The molecule has 2 aliphatic heterocycles. The molecular formula is C21H22N6OS2. The minimum atomic E-state index is 0.00622. The second-order valence-corrected chi connectivity index (χ2v) is 9.55. The molecule has 5 rings (SSSR count). The van der Waals surface area contributed by atoms with Crippen molar-refractivity contribution in [1.29, 1.82) is 0 Å². The summed E-state index contributed by atoms with van der Waals surface area (Å²) in [5.41, 5.74) is 1.23. The molecule has 2 aliphatic rings. The summed E-state index contributed by atoms with van der Waals surface area (Å²) in [6.45, 7) is 6.89. The maximum Gasteiger partial charge on any atom is 0.234 e. The van der Waals surface area contributed by atoms with E-state index in [9.17, 15) is 0 Å². The molecule has 7 nitrogen and oxygen atoms in total. The van der Waals surface area contributed by atoms with Crippen molar-refractivity contribution in [2.75, 3.05) is 26.3 Å². The van der Waals surface area contributed by atoms with Crippen LogP contribution in [0.4, 0.5) is 5.13 Å². The largest absolute Gasteiger partial charge is 0.378 e. The lowest BCUT2D eigenvalue weighted by atomic mass is 10.0. The minimum absolute atomic E-state index is 0.00622. The Kier molecular flexibility index (Phi) is 5.41. The Morgan fingerprint density at radius 1 is 1.07 bits per heavy atom. The van der Waals surface area contributed by atoms with Gasteiger partial charge >= 0.3 is 0 Å². The Bertz CT molecular complexity index is 1120. The molecule has 154 valence electrons. The Morgan fingerprint density at radius 3 is 2.67 bits per heavy atom. The van der Waals surface area contributed by atoms with E-state index in [4.69, 9.17) is 14.8 Å². The molecular weight excluding hydrogens is 416 g/mol. The normalized spacial score (nSPS) is 20.1. The van der Waals surface area contributed by atoms with Gasteiger partial charge in [0.05, 0.1) is 18.3 Å². The van der Waals surface area contributed by atoms with Crippen LogP contribution in [-0.4, -0.2) is 57.4 Å². The van der Waals surface area contributed by atoms with Crippen LogP contribution in [0.5, 0.6) is 0 Å². The summed E-state index contributed by atoms with van der Waals surface area (Å²) in [5, 5.41) is 20.3. The van der Waals surface area contributed by atoms with Gasteiger partial charge in [-0.3, -0.25) is 0 Å². The van der Waals surface area contributed by atoms with Crippen molar-refractivity contribution in [3.8, 4) is 0 Å². The van der Waals surface area contributed by atoms with E-state index in [1.807, 2.05) is 11.9 Å². The van der Waals surface area contributed by atoms with Crippen LogP contribution in [-0.2, 0) is 4.74 Å². The molecule has 3 heterocycles. The first-order valence-electron chi connectivity index (χ1n) is 9.89. The fraction of sp³-hybridized carbons (Fsp3) is 0.333. The van der Waals surface area contributed by atoms with Crippen molar-refractivity contribution in [2.45, 2.75) is 19.2 Å². The van der Waals surface area contributed by atoms with Gasteiger partial charge in [0, 0.05) is 13.1 Å². The average molecular weight is 439 g/mol. The van der Waals surface area contributed by atoms with Crippen molar-refractivity contribution >= 4 is 50.0 Å². The zero-order chi connectivity index (χ0) is 20.5. The van der Waals surface area contributed by atoms with Crippen molar-refractivity contribution in [1.82, 2.24) is 20.1 Å². The van der Waals surface area contributed by atoms with Gasteiger partial charge in [0.1, 0.15) is 10.4 Å². The SMILES string of the molecule is CC1=NN(/C(=N/c2nnc(C)s2)N2CCOCC2)[C@@H](c2cccc3ccccc23)S1. The van der Waals surface area contributed by atoms with E-state index < -0.39 is 0 Å². The Labute approximate surface area is 183 Å². The maximum absolute atomic E-state index is 5.58. The highest BCUT2D eigenvalue weighted by Crippen LogP contribution is 2.42. The van der Waals surface area contributed by atoms with E-state index in [1.165, 1.54) is 27.7 Å². The van der Waals surface area contributed by atoms with Crippen molar-refractivity contribution < 1.29 is 4.74 Å². The fourth-order valence-electron chi connectivity index (χ4n) is 3.70. The second-order valence-electron chi connectivity index (χ2n) is 7.12. The van der Waals surface area contributed by atoms with Gasteiger partial charge in [-0.15, -0.1) is 10.2 Å². The first-order valence-corrected chi connectivity index (χ1v) is 11.6. The number of hydrazone groups is 1. The average Bonchev–Trinajstić information content (AvgIpc) is 3.37. The molecule has 0 spiro atoms. The van der Waals surface area contributed by atoms with Crippen LogP contribution in [0.15, 0.2) is 52.6 Å². The molecule has 1 aromatic heterocycles. The third-order valence-electron chi connectivity index (χ3n) is 5.05. The smallest absolute Gasteiger partial charge is 0.234 e. The standard InChI is InChI=1S/C21H22N6OS2/c1-14-23-24-20(30-14)22-21(26-10-12-28-13-11-26)27-19(29-15(2)25-27)18-9-5-7-16-6-3-4-8-17(16)18/h3-9,19H,10-13H2,1-2H3/b22-21+/t19-/m1/s1. The van der Waals surface area contributed by atoms with Gasteiger partial charge in [-0.1, -0.05) is 65.6 Å². The number of thioether (sulfide) groups is 1. The fourth-order valence-corrected chi connectivity index (χ4v) is 5.28. The van der Waals surface area contributed by atoms with E-state index in [0.717, 1.165) is 29.1 Å². The molecule has 1 atom stereocenters. The number of hydrogen-bond donors (Lipinski definition) is 0. The van der Waals surface area contributed by atoms with Crippen LogP contribution in [0.25, 0.3) is 10.8 Å². The van der Waals surface area contributed by atoms with Crippen LogP contribution in [0.1, 0.15) is 22.9 Å². The minimum Gasteiger partial charge on any atom is -0.378 e. The van der Waals surface area contributed by atoms with Crippen molar-refractivity contribution in [3.05, 3.63) is 53.0 Å². The van der Waals surface area contributed by atoms with Gasteiger partial charge in [0.2, 0.25) is 11.1 Å². The maximum atomic E-state index is 5.58. The third-order valence-corrected chi connectivity index (χ3v) is 6.88. The predicted molar refractivity (Wildman–Crippen MR) is 123 cm³/mol. The molecule has 2 aromatic carbocycles. The summed E-state index contributed by atoms with van der Waals surface area (Å²) in [7, 11) is 0. The zero-order valence-electron chi connectivity index (χ0n) is 16.9. The first kappa shape index (κ1) is 19.5. The molecule has 0 N–H and O–H groups in total. The molecule has 0 bridgehead atoms. The Balaban J connectivity index is 1.60. The molecule has 0 amide bonds. The van der Waals surface area contributed by atoms with Gasteiger partial charge in [-0.2, -0.15) is 10.1 Å². The Hall–Kier alpha value is -2.49. The molecule has 9 heteroatoms. The molecule has 1 fully saturated rings. The quantitative estimate of drug-likeness (QED) is 0.436. The molecule has 0 radical (unpaired) electrons. The van der Waals surface area contributed by atoms with Crippen LogP contribution in [0, 0.1) is 6.92 Å². The third kappa shape index (κ3) is 3.80. The van der Waals surface area contributed by atoms with E-state index in [2.05, 4.69) is 64.5 Å². The Morgan fingerprint density at radius 2 is 1.87 bits per heavy atom. The number of rotatable bonds is 2. The predicted octanol–water partition coefficient (Wildman–Crippen LogP) is 4.40. The summed E-state index contributed by atoms with van der Waals surface area (Å²) in [5.74, 6) is 0.803. The van der Waals surface area contributed by atoms with Crippen LogP contribution in [0.3, 0.4) is 0 Å². The van der Waals surface area contributed by atoms with E-state index in [0.29, 0.717) is 18.3 Å². The van der Waals surface area contributed by atoms with Gasteiger partial charge in [0.15, 0.2) is 0 Å². The van der Waals surface area contributed by atoms with Crippen LogP contribution >= 0.6 is 23.1 Å². The molecule has 0 unspecified atom stereocenters. The van der Waals surface area contributed by atoms with Crippen LogP contribution in [0.2, 0.25) is 0 Å². The monoisotopic (exact) mass is 438 g/mol. The van der Waals surface area contributed by atoms with Gasteiger partial charge in [0.25, 0.3) is 0 Å². The summed E-state index contributed by atoms with van der Waals surface area (Å²) in [6.07, 6.45) is 0. The molecule has 30 heavy (non-hydrogen) atoms. The summed E-state index contributed by atoms with van der Waals surface area (Å²) < 4.78 is 5.58. The highest BCUT2D eigenvalue weighted by molar-refractivity contribution is 8.14. The first-order chi connectivity index (χ1) is 14.7. The zero-order valence-corrected chi connectivity index (χ0v) is 18.5. The lowest BCUT2D eigenvalue weighted by molar-refractivity contribution is 0.0620. The highest BCUT2D eigenvalue weighted by atomic mass is 32.2. The number of fused-ring (bicyclic) bond motifs is 1. The van der Waals surface area contributed by atoms with E-state index >= 15 is 0 Å². The topological polar surface area (TPSA) is 66.2 Å². The van der Waals surface area contributed by atoms with Gasteiger partial charge < -0.3 is 9.64 Å². The summed E-state index contributed by atoms with van der Waals surface area (Å²) in [6, 6.07) is 14.9. The molecule has 0 aliphatic carbocycles. The van der Waals surface area contributed by atoms with Crippen molar-refractivity contribution in [2.24, 2.45) is 10.1 Å². The van der Waals surface area contributed by atoms with E-state index in [1.54, 1.807) is 11.8 Å². The number of aliphatic imine (C=N–C) groups is 1. The number of benzene rings is 2. The molecule has 0 saturated carbocycles. The number of morpholine rings is 1. The van der Waals surface area contributed by atoms with Gasteiger partial charge in [-0.25, -0.2) is 5.01 Å². The number of hydrogen-bond acceptors (Lipinski definition) is 7. The summed E-state index contributed by atoms with van der Waals surface area (Å²) in [4.78, 5) is 7.15. The van der Waals surface area contributed by atoms with Crippen LogP contribution < -0.4 is 0 Å². The lowest BCUT2D eigenvalue weighted by Crippen LogP contribution is -2.47. The van der Waals surface area contributed by atoms with Crippen molar-refractivity contribution in [3.63, 3.8) is 0 Å². The second kappa shape index (κ2) is 8.33. The number of nitrogens with zero attached hydrogens (tertiary/aromatic N) is 6.